The number of hydrogen-bond acceptors (Lipinski definition) is 3. The molecule has 0 unspecified atom stereocenters. The molecular formula is C21H29ClN2O2. The molecule has 0 bridgehead atoms. The fraction of sp³-hybridized carbons (Fsp3) is 0.667. The van der Waals surface area contributed by atoms with Gasteiger partial charge in [0.2, 0.25) is 0 Å². The van der Waals surface area contributed by atoms with Gasteiger partial charge in [0.1, 0.15) is 11.9 Å². The second kappa shape index (κ2) is 8.18. The van der Waals surface area contributed by atoms with E-state index in [1.54, 1.807) is 6.07 Å². The highest BCUT2D eigenvalue weighted by Crippen LogP contribution is 2.31. The van der Waals surface area contributed by atoms with Crippen molar-refractivity contribution in [2.24, 2.45) is 0 Å². The average molecular weight is 377 g/mol. The molecule has 142 valence electrons. The lowest BCUT2D eigenvalue weighted by Gasteiger charge is -2.41. The number of halogens is 1. The molecule has 2 heterocycles. The summed E-state index contributed by atoms with van der Waals surface area (Å²) in [7, 11) is 0. The van der Waals surface area contributed by atoms with Crippen LogP contribution in [0.25, 0.3) is 0 Å². The molecule has 0 spiro atoms. The molecule has 0 atom stereocenters. The van der Waals surface area contributed by atoms with E-state index < -0.39 is 0 Å². The standard InChI is InChI=1S/C21H29ClN2O2/c22-16-7-8-19(21(25)24-11-2-1-3-12-24)20(15-16)26-18-9-13-23(14-10-18)17-5-4-6-17/h7-8,15,17-18H,1-6,9-14H2. The first-order valence-corrected chi connectivity index (χ1v) is 10.6. The number of carbonyl (C=O) groups is 1. The molecule has 4 rings (SSSR count). The highest BCUT2D eigenvalue weighted by Gasteiger charge is 2.30. The van der Waals surface area contributed by atoms with Gasteiger partial charge in [0.25, 0.3) is 5.91 Å². The molecule has 1 aromatic rings. The Morgan fingerprint density at radius 2 is 1.69 bits per heavy atom. The first-order valence-electron chi connectivity index (χ1n) is 10.2. The van der Waals surface area contributed by atoms with E-state index in [-0.39, 0.29) is 12.0 Å². The maximum absolute atomic E-state index is 13.0. The molecule has 1 aromatic carbocycles. The second-order valence-corrected chi connectivity index (χ2v) is 8.37. The van der Waals surface area contributed by atoms with Gasteiger partial charge in [-0.25, -0.2) is 0 Å². The van der Waals surface area contributed by atoms with Crippen LogP contribution >= 0.6 is 11.6 Å². The largest absolute Gasteiger partial charge is 0.489 e. The molecule has 2 saturated heterocycles. The molecule has 1 aliphatic carbocycles. The Balaban J connectivity index is 1.42. The number of hydrogen-bond donors (Lipinski definition) is 0. The maximum Gasteiger partial charge on any atom is 0.257 e. The summed E-state index contributed by atoms with van der Waals surface area (Å²) in [6, 6.07) is 6.25. The number of benzene rings is 1. The third-order valence-electron chi connectivity index (χ3n) is 6.18. The molecule has 1 amide bonds. The maximum atomic E-state index is 13.0. The Morgan fingerprint density at radius 3 is 2.35 bits per heavy atom. The van der Waals surface area contributed by atoms with Crippen LogP contribution in [0.5, 0.6) is 5.75 Å². The lowest BCUT2D eigenvalue weighted by molar-refractivity contribution is 0.0481. The number of amides is 1. The van der Waals surface area contributed by atoms with E-state index in [9.17, 15) is 4.79 Å². The number of piperidine rings is 2. The van der Waals surface area contributed by atoms with Crippen molar-refractivity contribution in [3.8, 4) is 5.75 Å². The molecule has 5 heteroatoms. The van der Waals surface area contributed by atoms with Crippen LogP contribution in [0.4, 0.5) is 0 Å². The topological polar surface area (TPSA) is 32.8 Å². The zero-order chi connectivity index (χ0) is 17.9. The van der Waals surface area contributed by atoms with Crippen molar-refractivity contribution < 1.29 is 9.53 Å². The smallest absolute Gasteiger partial charge is 0.257 e. The third-order valence-corrected chi connectivity index (χ3v) is 6.41. The Labute approximate surface area is 161 Å². The Morgan fingerprint density at radius 1 is 0.962 bits per heavy atom. The fourth-order valence-electron chi connectivity index (χ4n) is 4.33. The van der Waals surface area contributed by atoms with E-state index in [0.29, 0.717) is 16.3 Å². The van der Waals surface area contributed by atoms with Crippen molar-refractivity contribution in [2.75, 3.05) is 26.2 Å². The van der Waals surface area contributed by atoms with Gasteiger partial charge in [-0.2, -0.15) is 0 Å². The van der Waals surface area contributed by atoms with E-state index in [0.717, 1.165) is 57.9 Å². The lowest BCUT2D eigenvalue weighted by Crippen LogP contribution is -2.47. The van der Waals surface area contributed by atoms with Crippen LogP contribution in [0.15, 0.2) is 18.2 Å². The van der Waals surface area contributed by atoms with Crippen molar-refractivity contribution in [3.63, 3.8) is 0 Å². The van der Waals surface area contributed by atoms with Gasteiger partial charge in [-0.05, 0) is 63.1 Å². The molecule has 0 N–H and O–H groups in total. The number of carbonyl (C=O) groups excluding carboxylic acids is 1. The first kappa shape index (κ1) is 18.1. The Kier molecular flexibility index (Phi) is 5.70. The van der Waals surface area contributed by atoms with E-state index in [4.69, 9.17) is 16.3 Å². The van der Waals surface area contributed by atoms with Gasteiger partial charge in [-0.1, -0.05) is 18.0 Å². The van der Waals surface area contributed by atoms with Crippen LogP contribution < -0.4 is 4.74 Å². The fourth-order valence-corrected chi connectivity index (χ4v) is 4.49. The minimum atomic E-state index is 0.0864. The van der Waals surface area contributed by atoms with Gasteiger partial charge in [0, 0.05) is 37.2 Å². The van der Waals surface area contributed by atoms with Crippen molar-refractivity contribution in [3.05, 3.63) is 28.8 Å². The molecular weight excluding hydrogens is 348 g/mol. The molecule has 26 heavy (non-hydrogen) atoms. The normalized spacial score (nSPS) is 22.9. The summed E-state index contributed by atoms with van der Waals surface area (Å²) in [5.41, 5.74) is 0.665. The highest BCUT2D eigenvalue weighted by atomic mass is 35.5. The molecule has 3 fully saturated rings. The van der Waals surface area contributed by atoms with Crippen LogP contribution in [0.1, 0.15) is 61.7 Å². The summed E-state index contributed by atoms with van der Waals surface area (Å²) in [5, 5.41) is 0.627. The third kappa shape index (κ3) is 4.01. The summed E-state index contributed by atoms with van der Waals surface area (Å²) < 4.78 is 6.30. The van der Waals surface area contributed by atoms with Crippen molar-refractivity contribution in [2.45, 2.75) is 63.5 Å². The summed E-state index contributed by atoms with van der Waals surface area (Å²) in [5.74, 6) is 0.749. The number of ether oxygens (including phenoxy) is 1. The quantitative estimate of drug-likeness (QED) is 0.782. The number of rotatable bonds is 4. The van der Waals surface area contributed by atoms with Crippen LogP contribution in [0, 0.1) is 0 Å². The van der Waals surface area contributed by atoms with Gasteiger partial charge in [0.15, 0.2) is 0 Å². The summed E-state index contributed by atoms with van der Waals surface area (Å²) in [6.07, 6.45) is 9.73. The van der Waals surface area contributed by atoms with Crippen LogP contribution in [-0.2, 0) is 0 Å². The minimum Gasteiger partial charge on any atom is -0.489 e. The number of likely N-dealkylation sites (tertiary alicyclic amines) is 2. The number of nitrogens with zero attached hydrogens (tertiary/aromatic N) is 2. The average Bonchev–Trinajstić information content (AvgIpc) is 2.62. The van der Waals surface area contributed by atoms with Gasteiger partial charge >= 0.3 is 0 Å². The van der Waals surface area contributed by atoms with Gasteiger partial charge in [0.05, 0.1) is 5.56 Å². The van der Waals surface area contributed by atoms with Gasteiger partial charge in [-0.3, -0.25) is 4.79 Å². The summed E-state index contributed by atoms with van der Waals surface area (Å²) in [6.45, 7) is 3.90. The molecule has 3 aliphatic rings. The molecule has 0 radical (unpaired) electrons. The second-order valence-electron chi connectivity index (χ2n) is 7.93. The van der Waals surface area contributed by atoms with Crippen LogP contribution in [0.3, 0.4) is 0 Å². The predicted octanol–water partition coefficient (Wildman–Crippen LogP) is 4.36. The molecule has 2 aliphatic heterocycles. The minimum absolute atomic E-state index is 0.0864. The van der Waals surface area contributed by atoms with Gasteiger partial charge in [-0.15, -0.1) is 0 Å². The zero-order valence-electron chi connectivity index (χ0n) is 15.5. The Hall–Kier alpha value is -1.26. The summed E-state index contributed by atoms with van der Waals surface area (Å²) >= 11 is 6.20. The van der Waals surface area contributed by atoms with E-state index in [1.165, 1.54) is 25.7 Å². The molecule has 1 saturated carbocycles. The van der Waals surface area contributed by atoms with E-state index >= 15 is 0 Å². The van der Waals surface area contributed by atoms with Gasteiger partial charge < -0.3 is 14.5 Å². The van der Waals surface area contributed by atoms with Crippen molar-refractivity contribution in [1.82, 2.24) is 9.80 Å². The molecule has 0 aromatic heterocycles. The lowest BCUT2D eigenvalue weighted by atomic mass is 9.90. The van der Waals surface area contributed by atoms with Crippen molar-refractivity contribution >= 4 is 17.5 Å². The SMILES string of the molecule is O=C(c1ccc(Cl)cc1OC1CCN(C2CCC2)CC1)N1CCCCC1. The van der Waals surface area contributed by atoms with Crippen molar-refractivity contribution in [1.29, 1.82) is 0 Å². The Bertz CT molecular complexity index is 633. The summed E-state index contributed by atoms with van der Waals surface area (Å²) in [4.78, 5) is 17.5. The predicted molar refractivity (Wildman–Crippen MR) is 104 cm³/mol. The first-order chi connectivity index (χ1) is 12.7. The van der Waals surface area contributed by atoms with E-state index in [2.05, 4.69) is 4.90 Å². The monoisotopic (exact) mass is 376 g/mol. The molecule has 4 nitrogen and oxygen atoms in total. The highest BCUT2D eigenvalue weighted by molar-refractivity contribution is 6.30. The zero-order valence-corrected chi connectivity index (χ0v) is 16.2. The van der Waals surface area contributed by atoms with E-state index in [1.807, 2.05) is 17.0 Å². The van der Waals surface area contributed by atoms with Crippen LogP contribution in [0.2, 0.25) is 5.02 Å². The van der Waals surface area contributed by atoms with Crippen LogP contribution in [-0.4, -0.2) is 54.0 Å².